The molecule has 3 aromatic rings. The highest BCUT2D eigenvalue weighted by atomic mass is 32.2. The Morgan fingerprint density at radius 3 is 2.40 bits per heavy atom. The van der Waals surface area contributed by atoms with E-state index in [2.05, 4.69) is 35.5 Å². The van der Waals surface area contributed by atoms with Crippen molar-refractivity contribution < 1.29 is 22.7 Å². The van der Waals surface area contributed by atoms with Crippen LogP contribution in [0.3, 0.4) is 0 Å². The smallest absolute Gasteiger partial charge is 0.409 e. The van der Waals surface area contributed by atoms with Crippen molar-refractivity contribution in [3.05, 3.63) is 65.2 Å². The van der Waals surface area contributed by atoms with Gasteiger partial charge in [0.15, 0.2) is 0 Å². The Kier molecular flexibility index (Phi) is 8.44. The first kappa shape index (κ1) is 30.8. The molecule has 1 aromatic heterocycles. The van der Waals surface area contributed by atoms with Crippen molar-refractivity contribution in [3.8, 4) is 17.1 Å². The fraction of sp³-hybridized carbons (Fsp3) is 0.485. The lowest BCUT2D eigenvalue weighted by Crippen LogP contribution is -2.48. The van der Waals surface area contributed by atoms with Crippen LogP contribution in [0.4, 0.5) is 10.7 Å². The molecule has 4 bridgehead atoms. The summed E-state index contributed by atoms with van der Waals surface area (Å²) in [4.78, 5) is 23.2. The minimum atomic E-state index is -4.00. The van der Waals surface area contributed by atoms with Crippen LogP contribution in [0.2, 0.25) is 0 Å². The highest BCUT2D eigenvalue weighted by molar-refractivity contribution is 7.92. The molecule has 0 spiro atoms. The Hall–Kier alpha value is -3.66. The first-order valence-electron chi connectivity index (χ1n) is 14.8. The Bertz CT molecular complexity index is 1590. The average Bonchev–Trinajstić information content (AvgIpc) is 2.90. The average molecular weight is 607 g/mol. The van der Waals surface area contributed by atoms with Gasteiger partial charge in [0, 0.05) is 30.6 Å². The Morgan fingerprint density at radius 2 is 1.74 bits per heavy atom. The van der Waals surface area contributed by atoms with E-state index in [-0.39, 0.29) is 46.1 Å². The van der Waals surface area contributed by atoms with Gasteiger partial charge in [0.05, 0.1) is 24.3 Å². The van der Waals surface area contributed by atoms with Crippen LogP contribution < -0.4 is 9.46 Å². The number of benzene rings is 2. The van der Waals surface area contributed by atoms with E-state index in [9.17, 15) is 13.2 Å². The summed E-state index contributed by atoms with van der Waals surface area (Å²) in [7, 11) is -0.837. The molecule has 2 heterocycles. The fourth-order valence-electron chi connectivity index (χ4n) is 6.69. The first-order chi connectivity index (χ1) is 20.3. The van der Waals surface area contributed by atoms with Crippen molar-refractivity contribution in [2.24, 2.45) is 17.3 Å². The summed E-state index contributed by atoms with van der Waals surface area (Å²) >= 11 is 0. The second-order valence-electron chi connectivity index (χ2n) is 13.2. The molecule has 1 N–H and O–H groups in total. The van der Waals surface area contributed by atoms with Crippen LogP contribution in [0.25, 0.3) is 11.3 Å². The molecule has 0 saturated heterocycles. The van der Waals surface area contributed by atoms with E-state index in [4.69, 9.17) is 9.47 Å². The van der Waals surface area contributed by atoms with Crippen LogP contribution in [0.15, 0.2) is 53.4 Å². The molecule has 1 aliphatic carbocycles. The van der Waals surface area contributed by atoms with Crippen molar-refractivity contribution in [2.45, 2.75) is 70.7 Å². The van der Waals surface area contributed by atoms with Crippen LogP contribution in [-0.4, -0.2) is 56.2 Å². The molecule has 10 heteroatoms. The summed E-state index contributed by atoms with van der Waals surface area (Å²) in [6, 6.07) is 15.1. The molecule has 1 unspecified atom stereocenters. The third kappa shape index (κ3) is 6.64. The second-order valence-corrected chi connectivity index (χ2v) is 14.9. The third-order valence-electron chi connectivity index (χ3n) is 8.71. The minimum absolute atomic E-state index is 0.00971. The summed E-state index contributed by atoms with van der Waals surface area (Å²) < 4.78 is 41.4. The number of anilines is 1. The number of carbonyl (C=O) groups is 1. The van der Waals surface area contributed by atoms with E-state index in [0.29, 0.717) is 18.2 Å². The predicted molar refractivity (Wildman–Crippen MR) is 167 cm³/mol. The largest absolute Gasteiger partial charge is 0.477 e. The number of sulfonamides is 1. The van der Waals surface area contributed by atoms with Crippen LogP contribution in [0.5, 0.6) is 5.88 Å². The molecule has 1 amide bonds. The van der Waals surface area contributed by atoms with Crippen molar-refractivity contribution in [3.63, 3.8) is 0 Å². The van der Waals surface area contributed by atoms with Gasteiger partial charge in [0.1, 0.15) is 0 Å². The number of carbonyl (C=O) groups excluding carboxylic acids is 1. The summed E-state index contributed by atoms with van der Waals surface area (Å²) in [5.74, 6) is 0.590. The zero-order valence-corrected chi connectivity index (χ0v) is 26.9. The number of fused-ring (bicyclic) bond motifs is 4. The van der Waals surface area contributed by atoms with Crippen molar-refractivity contribution >= 4 is 22.1 Å². The Balaban J connectivity index is 1.60. The van der Waals surface area contributed by atoms with Gasteiger partial charge in [-0.05, 0) is 79.2 Å². The van der Waals surface area contributed by atoms with Crippen molar-refractivity contribution in [1.29, 1.82) is 0 Å². The van der Waals surface area contributed by atoms with Crippen LogP contribution in [0, 0.1) is 31.1 Å². The van der Waals surface area contributed by atoms with Gasteiger partial charge in [-0.2, -0.15) is 4.98 Å². The van der Waals surface area contributed by atoms with E-state index >= 15 is 0 Å². The molecule has 2 aromatic carbocycles. The number of aryl methyl sites for hydroxylation is 2. The molecule has 230 valence electrons. The highest BCUT2D eigenvalue weighted by Crippen LogP contribution is 2.48. The summed E-state index contributed by atoms with van der Waals surface area (Å²) in [5, 5.41) is 0. The molecule has 1 aliphatic heterocycles. The number of hydrogen-bond donors (Lipinski definition) is 1. The SMILES string of the molecule is COC(=O)N(C)C1CC(C2c3cccc(c3)S(=O)(=O)Nc3nc(cc(-c4c(C)cccc4C)n3)OC[C@H]2CC(C)(C)C)C1. The molecule has 0 radical (unpaired) electrons. The van der Waals surface area contributed by atoms with E-state index in [1.165, 1.54) is 7.11 Å². The zero-order chi connectivity index (χ0) is 31.1. The van der Waals surface area contributed by atoms with Gasteiger partial charge in [0.25, 0.3) is 10.0 Å². The number of nitrogens with zero attached hydrogens (tertiary/aromatic N) is 3. The quantitative estimate of drug-likeness (QED) is 0.358. The number of aromatic nitrogens is 2. The Morgan fingerprint density at radius 1 is 1.07 bits per heavy atom. The van der Waals surface area contributed by atoms with E-state index in [0.717, 1.165) is 41.5 Å². The van der Waals surface area contributed by atoms with Gasteiger partial charge in [-0.15, -0.1) is 0 Å². The lowest BCUT2D eigenvalue weighted by atomic mass is 9.63. The van der Waals surface area contributed by atoms with Crippen molar-refractivity contribution in [1.82, 2.24) is 14.9 Å². The summed E-state index contributed by atoms with van der Waals surface area (Å²) in [5.41, 5.74) is 4.50. The lowest BCUT2D eigenvalue weighted by Gasteiger charge is -2.47. The zero-order valence-electron chi connectivity index (χ0n) is 26.0. The normalized spacial score (nSPS) is 23.0. The second kappa shape index (κ2) is 11.8. The number of nitrogens with one attached hydrogen (secondary N) is 1. The molecule has 2 aliphatic rings. The Labute approximate surface area is 255 Å². The van der Waals surface area contributed by atoms with E-state index in [1.807, 2.05) is 38.1 Å². The third-order valence-corrected chi connectivity index (χ3v) is 10.0. The van der Waals surface area contributed by atoms with Gasteiger partial charge in [-0.25, -0.2) is 22.9 Å². The molecular weight excluding hydrogens is 564 g/mol. The number of rotatable bonds is 4. The standard InChI is InChI=1S/C33H42N4O5S/c1-20-10-8-11-21(2)29(20)27-17-28-35-31(34-27)36-43(39,40)26-13-9-12-22(16-26)30(24(19-42-28)18-33(3,4)5)23-14-25(15-23)37(6)32(38)41-7/h8-13,16-17,23-25,30H,14-15,18-19H2,1-7H3,(H,34,35,36)/t23?,24-,25?,30?/m1/s1. The van der Waals surface area contributed by atoms with E-state index in [1.54, 1.807) is 36.2 Å². The summed E-state index contributed by atoms with van der Waals surface area (Å²) in [6.45, 7) is 11.0. The van der Waals surface area contributed by atoms with Gasteiger partial charge in [-0.3, -0.25) is 0 Å². The fourth-order valence-corrected chi connectivity index (χ4v) is 7.69. The number of ether oxygens (including phenoxy) is 2. The molecule has 5 rings (SSSR count). The molecule has 1 fully saturated rings. The first-order valence-corrected chi connectivity index (χ1v) is 16.3. The highest BCUT2D eigenvalue weighted by Gasteiger charge is 2.43. The topological polar surface area (TPSA) is 111 Å². The molecular formula is C33H42N4O5S. The molecule has 1 saturated carbocycles. The lowest BCUT2D eigenvalue weighted by molar-refractivity contribution is 0.0432. The van der Waals surface area contributed by atoms with Gasteiger partial charge < -0.3 is 14.4 Å². The van der Waals surface area contributed by atoms with Crippen LogP contribution in [-0.2, 0) is 14.8 Å². The number of amides is 1. The van der Waals surface area contributed by atoms with Gasteiger partial charge in [-0.1, -0.05) is 51.1 Å². The van der Waals surface area contributed by atoms with Crippen LogP contribution in [0.1, 0.15) is 62.6 Å². The van der Waals surface area contributed by atoms with Crippen molar-refractivity contribution in [2.75, 3.05) is 25.5 Å². The maximum absolute atomic E-state index is 13.7. The molecule has 2 atom stereocenters. The molecule has 9 nitrogen and oxygen atoms in total. The number of methoxy groups -OCH3 is 1. The molecule has 43 heavy (non-hydrogen) atoms. The van der Waals surface area contributed by atoms with Gasteiger partial charge in [0.2, 0.25) is 11.8 Å². The predicted octanol–water partition coefficient (Wildman–Crippen LogP) is 6.57. The van der Waals surface area contributed by atoms with Gasteiger partial charge >= 0.3 is 6.09 Å². The monoisotopic (exact) mass is 606 g/mol. The minimum Gasteiger partial charge on any atom is -0.477 e. The van der Waals surface area contributed by atoms with Crippen LogP contribution >= 0.6 is 0 Å². The summed E-state index contributed by atoms with van der Waals surface area (Å²) in [6.07, 6.45) is 2.08. The number of hydrogen-bond acceptors (Lipinski definition) is 7. The maximum Gasteiger partial charge on any atom is 0.409 e. The maximum atomic E-state index is 13.7. The van der Waals surface area contributed by atoms with E-state index < -0.39 is 10.0 Å².